The minimum Gasteiger partial charge on any atom is -0.283 e. The first-order valence-electron chi connectivity index (χ1n) is 5.09. The number of nitrogens with zero attached hydrogens (tertiary/aromatic N) is 1. The first-order valence-corrected chi connectivity index (χ1v) is 6.64. The molecule has 1 N–H and O–H groups in total. The Balaban J connectivity index is 2.08. The highest BCUT2D eigenvalue weighted by Crippen LogP contribution is 2.29. The first-order chi connectivity index (χ1) is 7.62. The molecule has 0 unspecified atom stereocenters. The molecule has 4 nitrogen and oxygen atoms in total. The average molecular weight is 236 g/mol. The van der Waals surface area contributed by atoms with Crippen molar-refractivity contribution in [3.63, 3.8) is 0 Å². The summed E-state index contributed by atoms with van der Waals surface area (Å²) >= 11 is 0. The van der Waals surface area contributed by atoms with Gasteiger partial charge in [0.1, 0.15) is 0 Å². The van der Waals surface area contributed by atoms with Gasteiger partial charge in [-0.1, -0.05) is 12.1 Å². The molecule has 5 heteroatoms. The van der Waals surface area contributed by atoms with Crippen molar-refractivity contribution in [2.45, 2.75) is 24.5 Å². The molecule has 0 spiro atoms. The third-order valence-electron chi connectivity index (χ3n) is 2.46. The van der Waals surface area contributed by atoms with Crippen LogP contribution in [0, 0.1) is 11.3 Å². The molecule has 0 aromatic heterocycles. The summed E-state index contributed by atoms with van der Waals surface area (Å²) in [6.07, 6.45) is 1.85. The van der Waals surface area contributed by atoms with Crippen molar-refractivity contribution in [3.8, 4) is 6.07 Å². The molecule has 0 aliphatic heterocycles. The number of nitriles is 1. The van der Waals surface area contributed by atoms with Gasteiger partial charge in [-0.05, 0) is 30.5 Å². The average Bonchev–Trinajstić information content (AvgIpc) is 3.04. The standard InChI is InChI=1S/C11H12N2O2S/c12-8-7-9-1-3-10(4-2-9)13-16(14,15)11-5-6-11/h1-4,11,13H,5-7H2. The Kier molecular flexibility index (Phi) is 2.84. The molecule has 1 saturated carbocycles. The first kappa shape index (κ1) is 11.0. The number of rotatable bonds is 4. The van der Waals surface area contributed by atoms with E-state index in [0.717, 1.165) is 18.4 Å². The molecule has 0 bridgehead atoms. The van der Waals surface area contributed by atoms with Crippen molar-refractivity contribution in [1.82, 2.24) is 0 Å². The van der Waals surface area contributed by atoms with Crippen LogP contribution in [0.25, 0.3) is 0 Å². The van der Waals surface area contributed by atoms with Crippen LogP contribution in [0.1, 0.15) is 18.4 Å². The van der Waals surface area contributed by atoms with Crippen molar-refractivity contribution in [1.29, 1.82) is 5.26 Å². The Labute approximate surface area is 95.0 Å². The molecule has 0 atom stereocenters. The monoisotopic (exact) mass is 236 g/mol. The molecule has 1 fully saturated rings. The fourth-order valence-electron chi connectivity index (χ4n) is 1.41. The van der Waals surface area contributed by atoms with E-state index < -0.39 is 10.0 Å². The van der Waals surface area contributed by atoms with E-state index in [1.54, 1.807) is 24.3 Å². The molecule has 0 amide bonds. The second kappa shape index (κ2) is 4.14. The van der Waals surface area contributed by atoms with Crippen molar-refractivity contribution >= 4 is 15.7 Å². The van der Waals surface area contributed by atoms with Crippen LogP contribution in [0.3, 0.4) is 0 Å². The number of hydrogen-bond donors (Lipinski definition) is 1. The zero-order chi connectivity index (χ0) is 11.6. The largest absolute Gasteiger partial charge is 0.283 e. The van der Waals surface area contributed by atoms with E-state index in [9.17, 15) is 8.42 Å². The van der Waals surface area contributed by atoms with Crippen LogP contribution in [-0.4, -0.2) is 13.7 Å². The summed E-state index contributed by atoms with van der Waals surface area (Å²) in [7, 11) is -3.18. The summed E-state index contributed by atoms with van der Waals surface area (Å²) in [6.45, 7) is 0. The van der Waals surface area contributed by atoms with Gasteiger partial charge < -0.3 is 0 Å². The summed E-state index contributed by atoms with van der Waals surface area (Å²) < 4.78 is 25.8. The lowest BCUT2D eigenvalue weighted by atomic mass is 10.1. The zero-order valence-electron chi connectivity index (χ0n) is 8.68. The topological polar surface area (TPSA) is 70.0 Å². The van der Waals surface area contributed by atoms with Crippen molar-refractivity contribution < 1.29 is 8.42 Å². The second-order valence-corrected chi connectivity index (χ2v) is 5.84. The summed E-state index contributed by atoms with van der Waals surface area (Å²) in [4.78, 5) is 0. The lowest BCUT2D eigenvalue weighted by molar-refractivity contribution is 0.600. The van der Waals surface area contributed by atoms with Gasteiger partial charge >= 0.3 is 0 Å². The minimum atomic E-state index is -3.18. The predicted molar refractivity (Wildman–Crippen MR) is 61.3 cm³/mol. The van der Waals surface area contributed by atoms with Crippen LogP contribution >= 0.6 is 0 Å². The molecule has 1 aromatic rings. The highest BCUT2D eigenvalue weighted by Gasteiger charge is 2.35. The van der Waals surface area contributed by atoms with E-state index in [-0.39, 0.29) is 5.25 Å². The fourth-order valence-corrected chi connectivity index (χ4v) is 2.80. The highest BCUT2D eigenvalue weighted by atomic mass is 32.2. The van der Waals surface area contributed by atoms with Crippen molar-refractivity contribution in [2.75, 3.05) is 4.72 Å². The number of hydrogen-bond acceptors (Lipinski definition) is 3. The van der Waals surface area contributed by atoms with Gasteiger partial charge in [-0.25, -0.2) is 8.42 Å². The van der Waals surface area contributed by atoms with E-state index >= 15 is 0 Å². The van der Waals surface area contributed by atoms with E-state index in [1.807, 2.05) is 6.07 Å². The van der Waals surface area contributed by atoms with Crippen LogP contribution in [0.2, 0.25) is 0 Å². The molecular formula is C11H12N2O2S. The second-order valence-electron chi connectivity index (χ2n) is 3.88. The maximum Gasteiger partial charge on any atom is 0.235 e. The Morgan fingerprint density at radius 3 is 2.44 bits per heavy atom. The minimum absolute atomic E-state index is 0.216. The van der Waals surface area contributed by atoms with Gasteiger partial charge in [-0.2, -0.15) is 5.26 Å². The number of anilines is 1. The van der Waals surface area contributed by atoms with E-state index in [1.165, 1.54) is 0 Å². The van der Waals surface area contributed by atoms with Gasteiger partial charge in [0.25, 0.3) is 0 Å². The number of sulfonamides is 1. The van der Waals surface area contributed by atoms with E-state index in [4.69, 9.17) is 5.26 Å². The molecule has 16 heavy (non-hydrogen) atoms. The summed E-state index contributed by atoms with van der Waals surface area (Å²) in [5, 5.41) is 8.28. The van der Waals surface area contributed by atoms with Crippen LogP contribution < -0.4 is 4.72 Å². The number of nitrogens with one attached hydrogen (secondary N) is 1. The molecule has 84 valence electrons. The maximum atomic E-state index is 11.6. The molecule has 1 aliphatic rings. The highest BCUT2D eigenvalue weighted by molar-refractivity contribution is 7.93. The van der Waals surface area contributed by atoms with Gasteiger partial charge in [0.05, 0.1) is 17.7 Å². The molecule has 0 heterocycles. The summed E-state index contributed by atoms with van der Waals surface area (Å²) in [5.41, 5.74) is 1.45. The summed E-state index contributed by atoms with van der Waals surface area (Å²) in [6, 6.07) is 8.93. The summed E-state index contributed by atoms with van der Waals surface area (Å²) in [5.74, 6) is 0. The molecule has 1 aromatic carbocycles. The molecule has 0 radical (unpaired) electrons. The lowest BCUT2D eigenvalue weighted by Crippen LogP contribution is -2.17. The Morgan fingerprint density at radius 1 is 1.31 bits per heavy atom. The quantitative estimate of drug-likeness (QED) is 0.864. The smallest absolute Gasteiger partial charge is 0.235 e. The fraction of sp³-hybridized carbons (Fsp3) is 0.364. The van der Waals surface area contributed by atoms with Crippen LogP contribution in [0.15, 0.2) is 24.3 Å². The third kappa shape index (κ3) is 2.52. The SMILES string of the molecule is N#CCc1ccc(NS(=O)(=O)C2CC2)cc1. The Bertz CT molecular complexity index is 510. The predicted octanol–water partition coefficient (Wildman–Crippen LogP) is 1.66. The van der Waals surface area contributed by atoms with Gasteiger partial charge in [-0.3, -0.25) is 4.72 Å². The normalized spacial score (nSPS) is 15.4. The van der Waals surface area contributed by atoms with Gasteiger partial charge in [0.2, 0.25) is 10.0 Å². The van der Waals surface area contributed by atoms with Gasteiger partial charge in [-0.15, -0.1) is 0 Å². The number of benzene rings is 1. The molecule has 2 rings (SSSR count). The molecule has 0 saturated heterocycles. The van der Waals surface area contributed by atoms with E-state index in [2.05, 4.69) is 4.72 Å². The van der Waals surface area contributed by atoms with Gasteiger partial charge in [0.15, 0.2) is 0 Å². The molecular weight excluding hydrogens is 224 g/mol. The van der Waals surface area contributed by atoms with Crippen molar-refractivity contribution in [2.24, 2.45) is 0 Å². The Hall–Kier alpha value is -1.54. The Morgan fingerprint density at radius 2 is 1.94 bits per heavy atom. The maximum absolute atomic E-state index is 11.6. The zero-order valence-corrected chi connectivity index (χ0v) is 9.50. The van der Waals surface area contributed by atoms with Crippen LogP contribution in [0.4, 0.5) is 5.69 Å². The van der Waals surface area contributed by atoms with Gasteiger partial charge in [0, 0.05) is 5.69 Å². The van der Waals surface area contributed by atoms with Crippen molar-refractivity contribution in [3.05, 3.63) is 29.8 Å². The molecule has 1 aliphatic carbocycles. The third-order valence-corrected chi connectivity index (χ3v) is 4.33. The van der Waals surface area contributed by atoms with Crippen LogP contribution in [-0.2, 0) is 16.4 Å². The van der Waals surface area contributed by atoms with Crippen LogP contribution in [0.5, 0.6) is 0 Å². The van der Waals surface area contributed by atoms with E-state index in [0.29, 0.717) is 12.1 Å². The lowest BCUT2D eigenvalue weighted by Gasteiger charge is -2.06.